The molecule has 0 spiro atoms. The third-order valence-corrected chi connectivity index (χ3v) is 5.71. The normalized spacial score (nSPS) is 19.1. The number of rotatable bonds is 7. The van der Waals surface area contributed by atoms with E-state index in [2.05, 4.69) is 6.92 Å². The van der Waals surface area contributed by atoms with E-state index < -0.39 is 18.3 Å². The molecule has 150 valence electrons. The highest BCUT2D eigenvalue weighted by molar-refractivity contribution is 6.55. The van der Waals surface area contributed by atoms with E-state index in [9.17, 15) is 0 Å². The van der Waals surface area contributed by atoms with Crippen LogP contribution in [0.15, 0.2) is 48.2 Å². The van der Waals surface area contributed by atoms with Crippen molar-refractivity contribution in [3.63, 3.8) is 0 Å². The van der Waals surface area contributed by atoms with Crippen LogP contribution in [0, 0.1) is 0 Å². The number of hydrogen-bond donors (Lipinski definition) is 0. The molecule has 0 amide bonds. The highest BCUT2D eigenvalue weighted by Crippen LogP contribution is 2.41. The Labute approximate surface area is 168 Å². The number of hydrogen-bond acceptors (Lipinski definition) is 3. The monoisotopic (exact) mass is 384 g/mol. The summed E-state index contributed by atoms with van der Waals surface area (Å²) in [6.07, 6.45) is 1.40. The number of benzene rings is 2. The van der Waals surface area contributed by atoms with Crippen molar-refractivity contribution in [3.8, 4) is 0 Å². The van der Waals surface area contributed by atoms with Gasteiger partial charge in [-0.2, -0.15) is 0 Å². The van der Waals surface area contributed by atoms with Crippen LogP contribution in [0.2, 0.25) is 0 Å². The van der Waals surface area contributed by atoms with Crippen molar-refractivity contribution in [1.29, 1.82) is 0 Å². The van der Waals surface area contributed by atoms with Crippen LogP contribution < -0.4 is 0 Å². The topological polar surface area (TPSA) is 27.7 Å². The van der Waals surface area contributed by atoms with Gasteiger partial charge in [0.2, 0.25) is 0 Å². The average molecular weight is 384 g/mol. The second-order valence-corrected chi connectivity index (χ2v) is 8.30. The van der Waals surface area contributed by atoms with Gasteiger partial charge in [-0.05, 0) is 62.4 Å². The largest absolute Gasteiger partial charge is 0.525 e. The summed E-state index contributed by atoms with van der Waals surface area (Å²) in [5.74, 6) is 0. The van der Waals surface area contributed by atoms with Gasteiger partial charge in [-0.15, -0.1) is 0 Å². The molecule has 0 atom stereocenters. The highest BCUT2D eigenvalue weighted by atomic mass is 19.1. The average Bonchev–Trinajstić information content (AvgIpc) is 2.88. The first-order chi connectivity index (χ1) is 13.3. The molecule has 28 heavy (non-hydrogen) atoms. The zero-order valence-corrected chi connectivity index (χ0v) is 17.5. The van der Waals surface area contributed by atoms with Gasteiger partial charge in [0.1, 0.15) is 5.73 Å². The maximum absolute atomic E-state index is 15.8. The van der Waals surface area contributed by atoms with Gasteiger partial charge >= 0.3 is 7.12 Å². The molecule has 0 saturated carbocycles. The van der Waals surface area contributed by atoms with Crippen molar-refractivity contribution < 1.29 is 18.4 Å². The lowest BCUT2D eigenvalue weighted by Gasteiger charge is -2.32. The van der Waals surface area contributed by atoms with E-state index in [1.165, 1.54) is 0 Å². The van der Waals surface area contributed by atoms with Gasteiger partial charge in [-0.3, -0.25) is 0 Å². The van der Waals surface area contributed by atoms with Gasteiger partial charge in [0.05, 0.1) is 17.8 Å². The molecule has 0 aromatic heterocycles. The molecule has 2 aromatic carbocycles. The maximum Gasteiger partial charge on any atom is 0.525 e. The van der Waals surface area contributed by atoms with Gasteiger partial charge in [0.25, 0.3) is 0 Å². The first-order valence-electron chi connectivity index (χ1n) is 10.1. The fourth-order valence-electron chi connectivity index (χ4n) is 3.38. The summed E-state index contributed by atoms with van der Waals surface area (Å²) >= 11 is 0. The minimum absolute atomic E-state index is 0.366. The summed E-state index contributed by atoms with van der Waals surface area (Å²) < 4.78 is 33.4. The minimum atomic E-state index is -1.01. The van der Waals surface area contributed by atoms with E-state index in [0.29, 0.717) is 25.2 Å². The second-order valence-electron chi connectivity index (χ2n) is 8.30. The molecule has 2 aromatic rings. The van der Waals surface area contributed by atoms with Gasteiger partial charge in [0, 0.05) is 6.61 Å². The quantitative estimate of drug-likeness (QED) is 0.435. The van der Waals surface area contributed by atoms with Crippen LogP contribution in [0.4, 0.5) is 4.39 Å². The second kappa shape index (κ2) is 8.36. The van der Waals surface area contributed by atoms with E-state index in [1.54, 1.807) is 0 Å². The summed E-state index contributed by atoms with van der Waals surface area (Å²) in [4.78, 5) is 0. The molecule has 0 radical (unpaired) electrons. The molecular formula is C23H30BFO3. The van der Waals surface area contributed by atoms with E-state index in [4.69, 9.17) is 14.0 Å². The number of fused-ring (bicyclic) bond motifs is 1. The first kappa shape index (κ1) is 21.0. The van der Waals surface area contributed by atoms with Crippen LogP contribution in [0.25, 0.3) is 16.3 Å². The predicted octanol–water partition coefficient (Wildman–Crippen LogP) is 5.97. The van der Waals surface area contributed by atoms with E-state index >= 15 is 4.39 Å². The zero-order valence-electron chi connectivity index (χ0n) is 17.5. The predicted molar refractivity (Wildman–Crippen MR) is 114 cm³/mol. The van der Waals surface area contributed by atoms with Crippen LogP contribution in [0.3, 0.4) is 0 Å². The molecule has 1 heterocycles. The zero-order chi connectivity index (χ0) is 20.4. The summed E-state index contributed by atoms with van der Waals surface area (Å²) in [5.41, 5.74) is -0.0817. The summed E-state index contributed by atoms with van der Waals surface area (Å²) in [7, 11) is -1.01. The summed E-state index contributed by atoms with van der Waals surface area (Å²) in [5, 5.41) is 2.09. The smallest absolute Gasteiger partial charge is 0.398 e. The van der Waals surface area contributed by atoms with Crippen LogP contribution in [-0.2, 0) is 14.0 Å². The van der Waals surface area contributed by atoms with E-state index in [1.807, 2.05) is 70.2 Å². The summed E-state index contributed by atoms with van der Waals surface area (Å²) in [6.45, 7) is 10.9. The van der Waals surface area contributed by atoms with Crippen molar-refractivity contribution in [3.05, 3.63) is 53.8 Å². The molecule has 0 N–H and O–H groups in total. The minimum Gasteiger partial charge on any atom is -0.398 e. The summed E-state index contributed by atoms with van der Waals surface area (Å²) in [6, 6.07) is 14.0. The number of ether oxygens (including phenoxy) is 1. The van der Waals surface area contributed by atoms with E-state index in [0.717, 1.165) is 22.8 Å². The van der Waals surface area contributed by atoms with Crippen molar-refractivity contribution in [2.75, 3.05) is 13.2 Å². The van der Waals surface area contributed by atoms with Gasteiger partial charge in [-0.1, -0.05) is 49.4 Å². The Morgan fingerprint density at radius 1 is 0.964 bits per heavy atom. The van der Waals surface area contributed by atoms with Crippen LogP contribution in [0.5, 0.6) is 0 Å². The first-order valence-corrected chi connectivity index (χ1v) is 10.1. The SMILES string of the molecule is CCCOCCC(=C(F)B1OC(C)(C)C(C)(C)O1)c1cccc2ccccc12. The Morgan fingerprint density at radius 2 is 1.61 bits per heavy atom. The fraction of sp³-hybridized carbons (Fsp3) is 0.478. The fourth-order valence-corrected chi connectivity index (χ4v) is 3.38. The maximum atomic E-state index is 15.8. The van der Waals surface area contributed by atoms with Gasteiger partial charge < -0.3 is 14.0 Å². The Bertz CT molecular complexity index is 839. The lowest BCUT2D eigenvalue weighted by atomic mass is 9.81. The Hall–Kier alpha value is -1.69. The third kappa shape index (κ3) is 4.17. The Balaban J connectivity index is 2.02. The van der Waals surface area contributed by atoms with Crippen LogP contribution >= 0.6 is 0 Å². The molecular weight excluding hydrogens is 354 g/mol. The molecule has 1 aliphatic rings. The van der Waals surface area contributed by atoms with E-state index in [-0.39, 0.29) is 5.73 Å². The number of halogens is 1. The van der Waals surface area contributed by atoms with Gasteiger partial charge in [-0.25, -0.2) is 4.39 Å². The molecule has 0 aliphatic carbocycles. The van der Waals surface area contributed by atoms with Crippen LogP contribution in [0.1, 0.15) is 53.0 Å². The molecule has 0 unspecified atom stereocenters. The van der Waals surface area contributed by atoms with Crippen molar-refractivity contribution >= 4 is 23.5 Å². The molecule has 5 heteroatoms. The molecule has 1 fully saturated rings. The van der Waals surface area contributed by atoms with Crippen molar-refractivity contribution in [2.24, 2.45) is 0 Å². The lowest BCUT2D eigenvalue weighted by molar-refractivity contribution is 0.00578. The molecule has 0 bridgehead atoms. The standard InChI is InChI=1S/C23H30BFO3/c1-6-15-26-16-14-20(19-13-9-11-17-10-7-8-12-18(17)19)21(25)24-27-22(2,3)23(4,5)28-24/h7-13H,6,14-16H2,1-5H3. The molecule has 1 saturated heterocycles. The third-order valence-electron chi connectivity index (χ3n) is 5.71. The van der Waals surface area contributed by atoms with Crippen molar-refractivity contribution in [1.82, 2.24) is 0 Å². The molecule has 1 aliphatic heterocycles. The van der Waals surface area contributed by atoms with Gasteiger partial charge in [0.15, 0.2) is 0 Å². The van der Waals surface area contributed by atoms with Crippen LogP contribution in [-0.4, -0.2) is 31.5 Å². The van der Waals surface area contributed by atoms with Crippen molar-refractivity contribution in [2.45, 2.75) is 58.7 Å². The molecule has 3 rings (SSSR count). The highest BCUT2D eigenvalue weighted by Gasteiger charge is 2.53. The Morgan fingerprint density at radius 3 is 2.29 bits per heavy atom. The lowest BCUT2D eigenvalue weighted by Crippen LogP contribution is -2.41. The Kier molecular flexibility index (Phi) is 6.28. The molecule has 3 nitrogen and oxygen atoms in total.